The van der Waals surface area contributed by atoms with Crippen LogP contribution in [0.15, 0.2) is 83.3 Å². The van der Waals surface area contributed by atoms with Gasteiger partial charge in [0, 0.05) is 84.3 Å². The van der Waals surface area contributed by atoms with Crippen molar-refractivity contribution in [2.45, 2.75) is 20.8 Å². The summed E-state index contributed by atoms with van der Waals surface area (Å²) in [6.45, 7) is 10.5. The highest BCUT2D eigenvalue weighted by Gasteiger charge is 2.28. The lowest BCUT2D eigenvalue weighted by Crippen LogP contribution is -2.40. The summed E-state index contributed by atoms with van der Waals surface area (Å²) in [5, 5.41) is 1.78. The molecule has 0 unspecified atom stereocenters. The van der Waals surface area contributed by atoms with Crippen LogP contribution in [-0.4, -0.2) is 31.0 Å². The molecule has 6 rings (SSSR count). The standard InChI is InChI=1S/C36H31F2N3S3/c1-19-8-10-24(27(37)16-19)29-12-14-31(43-29)33-21(3)35(40-42-7)34(36-26(33)17-20(2)22(4)39-36)32-15-13-30(44-32)25-11-9-23(41(5)6)18-28(25)38/h8-18H,3H2,1-2,4-7H3/b40-35+. The average Bonchev–Trinajstić information content (AvgIpc) is 3.65. The third kappa shape index (κ3) is 5.36. The zero-order chi connectivity index (χ0) is 31.3. The molecule has 3 nitrogen and oxygen atoms in total. The Balaban J connectivity index is 1.59. The topological polar surface area (TPSA) is 28.5 Å². The molecular formula is C36H31F2N3S3. The smallest absolute Gasteiger partial charge is 0.133 e. The molecule has 3 aromatic heterocycles. The van der Waals surface area contributed by atoms with Crippen LogP contribution in [0.2, 0.25) is 0 Å². The van der Waals surface area contributed by atoms with Crippen molar-refractivity contribution in [1.82, 2.24) is 4.98 Å². The summed E-state index contributed by atoms with van der Waals surface area (Å²) in [6, 6.07) is 20.8. The number of aromatic nitrogens is 1. The van der Waals surface area contributed by atoms with Gasteiger partial charge < -0.3 is 4.90 Å². The summed E-state index contributed by atoms with van der Waals surface area (Å²) in [4.78, 5) is 10.6. The van der Waals surface area contributed by atoms with Gasteiger partial charge in [-0.15, -0.1) is 22.7 Å². The molecule has 1 aliphatic rings. The number of halogens is 2. The van der Waals surface area contributed by atoms with Crippen molar-refractivity contribution in [2.75, 3.05) is 25.3 Å². The molecule has 0 N–H and O–H groups in total. The fraction of sp³-hybridized carbons (Fsp3) is 0.167. The van der Waals surface area contributed by atoms with Gasteiger partial charge >= 0.3 is 0 Å². The molecule has 3 heterocycles. The number of aryl methyl sites for hydroxylation is 3. The lowest BCUT2D eigenvalue weighted by molar-refractivity contribution is 0.630. The van der Waals surface area contributed by atoms with Gasteiger partial charge in [0.2, 0.25) is 0 Å². The van der Waals surface area contributed by atoms with E-state index >= 15 is 4.39 Å². The van der Waals surface area contributed by atoms with E-state index in [1.807, 2.05) is 87.6 Å². The number of fused-ring (bicyclic) bond motifs is 1. The number of rotatable bonds is 6. The van der Waals surface area contributed by atoms with Gasteiger partial charge in [-0.2, -0.15) is 0 Å². The van der Waals surface area contributed by atoms with E-state index in [4.69, 9.17) is 9.38 Å². The SMILES string of the molecule is C=C1C(c2ccc(-c3ccc(C)cc3F)s2)=c2cc(C)c(C)nc2=C(c2ccc(-c3ccc(N(C)C)cc3F)s2)/C1=N/SC. The van der Waals surface area contributed by atoms with E-state index in [0.29, 0.717) is 11.1 Å². The molecule has 0 saturated heterocycles. The largest absolute Gasteiger partial charge is 0.378 e. The highest BCUT2D eigenvalue weighted by Crippen LogP contribution is 2.40. The van der Waals surface area contributed by atoms with Gasteiger partial charge in [0.15, 0.2) is 0 Å². The van der Waals surface area contributed by atoms with Crippen LogP contribution in [-0.2, 0) is 0 Å². The van der Waals surface area contributed by atoms with Crippen LogP contribution in [0.5, 0.6) is 0 Å². The third-order valence-corrected chi connectivity index (χ3v) is 10.4. The van der Waals surface area contributed by atoms with E-state index in [0.717, 1.165) is 75.0 Å². The first kappa shape index (κ1) is 30.2. The second kappa shape index (κ2) is 11.9. The van der Waals surface area contributed by atoms with Crippen molar-refractivity contribution >= 4 is 57.2 Å². The molecule has 8 heteroatoms. The maximum absolute atomic E-state index is 15.2. The first-order valence-corrected chi connectivity index (χ1v) is 16.9. The summed E-state index contributed by atoms with van der Waals surface area (Å²) >= 11 is 4.41. The summed E-state index contributed by atoms with van der Waals surface area (Å²) in [5.41, 5.74) is 8.16. The minimum absolute atomic E-state index is 0.235. The van der Waals surface area contributed by atoms with Crippen LogP contribution in [0.25, 0.3) is 32.0 Å². The molecule has 44 heavy (non-hydrogen) atoms. The van der Waals surface area contributed by atoms with E-state index in [1.165, 1.54) is 34.6 Å². The quantitative estimate of drug-likeness (QED) is 0.175. The Bertz CT molecular complexity index is 2120. The summed E-state index contributed by atoms with van der Waals surface area (Å²) in [7, 11) is 3.79. The summed E-state index contributed by atoms with van der Waals surface area (Å²) in [6.07, 6.45) is 1.92. The predicted molar refractivity (Wildman–Crippen MR) is 187 cm³/mol. The molecule has 0 saturated carbocycles. The molecule has 0 aliphatic heterocycles. The van der Waals surface area contributed by atoms with Gasteiger partial charge in [-0.25, -0.2) is 13.2 Å². The number of thiophene rings is 2. The van der Waals surface area contributed by atoms with Gasteiger partial charge in [-0.3, -0.25) is 4.98 Å². The van der Waals surface area contributed by atoms with Crippen molar-refractivity contribution in [2.24, 2.45) is 4.40 Å². The number of hydrogen-bond acceptors (Lipinski definition) is 6. The van der Waals surface area contributed by atoms with E-state index in [1.54, 1.807) is 12.1 Å². The molecule has 1 aliphatic carbocycles. The molecule has 222 valence electrons. The Kier molecular flexibility index (Phi) is 8.18. The van der Waals surface area contributed by atoms with Crippen molar-refractivity contribution < 1.29 is 8.78 Å². The highest BCUT2D eigenvalue weighted by molar-refractivity contribution is 7.97. The number of nitrogens with zero attached hydrogens (tertiary/aromatic N) is 3. The monoisotopic (exact) mass is 639 g/mol. The summed E-state index contributed by atoms with van der Waals surface area (Å²) in [5.74, 6) is -0.499. The van der Waals surface area contributed by atoms with E-state index in [2.05, 4.69) is 19.6 Å². The van der Waals surface area contributed by atoms with Gasteiger partial charge in [0.05, 0.1) is 11.1 Å². The lowest BCUT2D eigenvalue weighted by atomic mass is 9.88. The van der Waals surface area contributed by atoms with Gasteiger partial charge in [0.1, 0.15) is 11.6 Å². The molecule has 0 fully saturated rings. The fourth-order valence-electron chi connectivity index (χ4n) is 5.37. The number of benzene rings is 2. The van der Waals surface area contributed by atoms with Crippen molar-refractivity contribution in [1.29, 1.82) is 0 Å². The molecular weight excluding hydrogens is 609 g/mol. The Hall–Kier alpha value is -3.85. The van der Waals surface area contributed by atoms with Crippen LogP contribution >= 0.6 is 34.6 Å². The molecule has 2 aromatic carbocycles. The highest BCUT2D eigenvalue weighted by atomic mass is 32.2. The predicted octanol–water partition coefficient (Wildman–Crippen LogP) is 8.49. The van der Waals surface area contributed by atoms with Gasteiger partial charge in [-0.1, -0.05) is 18.7 Å². The van der Waals surface area contributed by atoms with Crippen molar-refractivity contribution in [3.63, 3.8) is 0 Å². The zero-order valence-corrected chi connectivity index (χ0v) is 27.8. The van der Waals surface area contributed by atoms with Gasteiger partial charge in [-0.05, 0) is 98.4 Å². The number of pyridine rings is 1. The average molecular weight is 640 g/mol. The Morgan fingerprint density at radius 1 is 0.773 bits per heavy atom. The minimum Gasteiger partial charge on any atom is -0.378 e. The lowest BCUT2D eigenvalue weighted by Gasteiger charge is -2.21. The van der Waals surface area contributed by atoms with Gasteiger partial charge in [0.25, 0.3) is 0 Å². The Morgan fingerprint density at radius 2 is 1.36 bits per heavy atom. The number of allylic oxidation sites excluding steroid dienone is 1. The zero-order valence-electron chi connectivity index (χ0n) is 25.4. The molecule has 5 aromatic rings. The van der Waals surface area contributed by atoms with E-state index in [9.17, 15) is 4.39 Å². The Labute approximate surface area is 268 Å². The van der Waals surface area contributed by atoms with Crippen LogP contribution in [0.4, 0.5) is 14.5 Å². The molecule has 0 radical (unpaired) electrons. The minimum atomic E-state index is -0.264. The van der Waals surface area contributed by atoms with E-state index in [-0.39, 0.29) is 11.6 Å². The molecule has 0 amide bonds. The molecule has 0 atom stereocenters. The molecule has 0 spiro atoms. The second-order valence-electron chi connectivity index (χ2n) is 11.0. The third-order valence-electron chi connectivity index (χ3n) is 7.81. The first-order chi connectivity index (χ1) is 21.1. The first-order valence-electron chi connectivity index (χ1n) is 14.1. The second-order valence-corrected chi connectivity index (χ2v) is 13.7. The number of hydrogen-bond donors (Lipinski definition) is 0. The van der Waals surface area contributed by atoms with Crippen LogP contribution in [0, 0.1) is 32.4 Å². The molecule has 0 bridgehead atoms. The van der Waals surface area contributed by atoms with Crippen molar-refractivity contribution in [3.05, 3.63) is 128 Å². The number of anilines is 1. The normalized spacial score (nSPS) is 14.0. The fourth-order valence-corrected chi connectivity index (χ4v) is 7.96. The van der Waals surface area contributed by atoms with E-state index < -0.39 is 0 Å². The van der Waals surface area contributed by atoms with Crippen LogP contribution in [0.3, 0.4) is 0 Å². The van der Waals surface area contributed by atoms with Crippen LogP contribution < -0.4 is 15.5 Å². The maximum atomic E-state index is 15.2. The maximum Gasteiger partial charge on any atom is 0.133 e. The Morgan fingerprint density at radius 3 is 1.95 bits per heavy atom. The van der Waals surface area contributed by atoms with Crippen LogP contribution in [0.1, 0.15) is 26.6 Å². The van der Waals surface area contributed by atoms with Crippen molar-refractivity contribution in [3.8, 4) is 20.9 Å². The summed E-state index contributed by atoms with van der Waals surface area (Å²) < 4.78 is 35.1.